The van der Waals surface area contributed by atoms with Gasteiger partial charge in [0.1, 0.15) is 25.5 Å². The second kappa shape index (κ2) is 35.6. The van der Waals surface area contributed by atoms with Crippen molar-refractivity contribution >= 4 is 47.0 Å². The van der Waals surface area contributed by atoms with E-state index in [0.29, 0.717) is 0 Å². The number of likely N-dealkylation sites (N-methyl/N-ethyl adjacent to an activating group) is 3. The Bertz CT molecular complexity index is 1610. The van der Waals surface area contributed by atoms with Crippen molar-refractivity contribution < 1.29 is 46.5 Å². The molecule has 0 saturated carbocycles. The number of alkyl halides is 1. The van der Waals surface area contributed by atoms with Gasteiger partial charge in [-0.1, -0.05) is 25.2 Å². The lowest BCUT2D eigenvalue weighted by Crippen LogP contribution is -2.50. The number of carbonyl (C=O) groups excluding carboxylic acids is 6. The summed E-state index contributed by atoms with van der Waals surface area (Å²) >= 11 is 5.39. The average Bonchev–Trinajstić information content (AvgIpc) is 3.26. The molecule has 0 aromatic carbocycles. The molecule has 3 heterocycles. The SMILES string of the molecule is C.C#CCN(CC(=O)NO)C(=O)CN1CCN(C)CC1.C#CCN(CC(=O)NOC(C)(C)C)C(=O)CCl.C#CCN(CC(=O)NOC(C)(C)C)C(=O)CN1CCN(C)CC1.CN1CCNCC1.[HH].[HH]. The quantitative estimate of drug-likeness (QED) is 0.0539. The number of nitrogens with one attached hydrogen (secondary N) is 4. The van der Waals surface area contributed by atoms with Crippen LogP contribution in [0, 0.1) is 37.0 Å². The first-order chi connectivity index (χ1) is 31.0. The van der Waals surface area contributed by atoms with E-state index in [4.69, 9.17) is 45.8 Å². The summed E-state index contributed by atoms with van der Waals surface area (Å²) in [6.45, 7) is 22.8. The number of carbonyl (C=O) groups is 6. The number of hydrogen-bond acceptors (Lipinski definition) is 15. The zero-order chi connectivity index (χ0) is 50.3. The maximum atomic E-state index is 12.4. The molecule has 0 radical (unpaired) electrons. The first-order valence-electron chi connectivity index (χ1n) is 21.7. The molecule has 22 heteroatoms. The van der Waals surface area contributed by atoms with Gasteiger partial charge in [-0.15, -0.1) is 30.9 Å². The Morgan fingerprint density at radius 3 is 1.18 bits per heavy atom. The minimum atomic E-state index is -0.651. The highest BCUT2D eigenvalue weighted by Gasteiger charge is 2.24. The summed E-state index contributed by atoms with van der Waals surface area (Å²) in [5.74, 6) is 4.62. The molecule has 0 aromatic rings. The molecule has 0 spiro atoms. The standard InChI is InChI=1S/C16H28N4O3.C12H20N4O3.C11H17ClN2O3.C5H12N2.CH4.2H2/c1-6-7-20(12-14(21)17-23-16(2,3)4)15(22)13-19-10-8-18(5)9-11-19;1-3-4-16(9-11(17)13-19)12(18)10-15-7-5-14(2)6-8-15;1-5-6-14(10(16)7-12)8-9(15)13-17-11(2,3)4;1-7-4-2-6-3-5-7;;;/h1H,7-13H2,2-5H3,(H,17,21);1,19H,4-10H2,2H3,(H,13,17);1H,6-8H2,2-4H3,(H,13,15);6H,2-5H2,1H3;1H4;2*1H. The summed E-state index contributed by atoms with van der Waals surface area (Å²) < 4.78 is 0. The summed E-state index contributed by atoms with van der Waals surface area (Å²) in [7, 11) is 6.25. The normalized spacial score (nSPS) is 15.8. The molecular weight excluding hydrogens is 888 g/mol. The predicted molar refractivity (Wildman–Crippen MR) is 264 cm³/mol. The number of piperazine rings is 3. The lowest BCUT2D eigenvalue weighted by molar-refractivity contribution is -0.150. The van der Waals surface area contributed by atoms with Crippen LogP contribution < -0.4 is 21.8 Å². The number of rotatable bonds is 16. The van der Waals surface area contributed by atoms with Gasteiger partial charge < -0.3 is 34.7 Å². The van der Waals surface area contributed by atoms with Crippen LogP contribution in [0.5, 0.6) is 0 Å². The molecule has 0 bridgehead atoms. The highest BCUT2D eigenvalue weighted by Crippen LogP contribution is 2.06. The summed E-state index contributed by atoms with van der Waals surface area (Å²) in [4.78, 5) is 95.1. The van der Waals surface area contributed by atoms with E-state index < -0.39 is 28.9 Å². The summed E-state index contributed by atoms with van der Waals surface area (Å²) in [6.07, 6.45) is 15.6. The maximum absolute atomic E-state index is 12.4. The van der Waals surface area contributed by atoms with Gasteiger partial charge >= 0.3 is 0 Å². The first kappa shape index (κ1) is 64.5. The highest BCUT2D eigenvalue weighted by molar-refractivity contribution is 6.27. The molecule has 0 aliphatic carbocycles. The Kier molecular flexibility index (Phi) is 34.2. The largest absolute Gasteiger partial charge is 0.321 e. The van der Waals surface area contributed by atoms with Gasteiger partial charge in [0.15, 0.2) is 0 Å². The van der Waals surface area contributed by atoms with Crippen molar-refractivity contribution in [2.24, 2.45) is 0 Å². The Hall–Kier alpha value is -4.57. The van der Waals surface area contributed by atoms with E-state index in [1.165, 1.54) is 33.3 Å². The van der Waals surface area contributed by atoms with Crippen LogP contribution in [0.2, 0.25) is 0 Å². The van der Waals surface area contributed by atoms with Crippen molar-refractivity contribution in [1.82, 2.24) is 61.0 Å². The van der Waals surface area contributed by atoms with Gasteiger partial charge in [0.2, 0.25) is 17.7 Å². The fourth-order valence-corrected chi connectivity index (χ4v) is 5.69. The second-order valence-corrected chi connectivity index (χ2v) is 18.0. The fraction of sp³-hybridized carbons (Fsp3) is 0.733. The van der Waals surface area contributed by atoms with Crippen molar-refractivity contribution in [1.29, 1.82) is 0 Å². The van der Waals surface area contributed by atoms with Gasteiger partial charge in [0.05, 0.1) is 43.9 Å². The van der Waals surface area contributed by atoms with Crippen molar-refractivity contribution in [3.05, 3.63) is 0 Å². The van der Waals surface area contributed by atoms with Gasteiger partial charge in [-0.2, -0.15) is 0 Å². The molecule has 6 amide bonds. The van der Waals surface area contributed by atoms with E-state index in [9.17, 15) is 28.8 Å². The maximum Gasteiger partial charge on any atom is 0.263 e. The number of amides is 6. The van der Waals surface area contributed by atoms with Crippen LogP contribution in [0.15, 0.2) is 0 Å². The highest BCUT2D eigenvalue weighted by atomic mass is 35.5. The van der Waals surface area contributed by atoms with Crippen LogP contribution in [0.3, 0.4) is 0 Å². The zero-order valence-electron chi connectivity index (χ0n) is 40.8. The van der Waals surface area contributed by atoms with E-state index >= 15 is 0 Å². The molecule has 3 aliphatic heterocycles. The number of hydroxylamine groups is 3. The smallest absolute Gasteiger partial charge is 0.263 e. The molecule has 5 N–H and O–H groups in total. The van der Waals surface area contributed by atoms with E-state index in [-0.39, 0.29) is 86.2 Å². The molecule has 3 rings (SSSR count). The Balaban J connectivity index is -0.000000423. The van der Waals surface area contributed by atoms with Crippen molar-refractivity contribution in [2.75, 3.05) is 158 Å². The van der Waals surface area contributed by atoms with E-state index in [2.05, 4.69) is 67.7 Å². The monoisotopic (exact) mass is 973 g/mol. The molecule has 0 aromatic heterocycles. The number of nitrogens with zero attached hydrogens (tertiary/aromatic N) is 8. The van der Waals surface area contributed by atoms with E-state index in [1.54, 1.807) is 20.8 Å². The van der Waals surface area contributed by atoms with Gasteiger partial charge in [-0.3, -0.25) is 53.4 Å². The zero-order valence-corrected chi connectivity index (χ0v) is 41.5. The van der Waals surface area contributed by atoms with E-state index in [1.807, 2.05) is 32.7 Å². The topological polar surface area (TPSA) is 215 Å². The third kappa shape index (κ3) is 33.5. The molecule has 3 fully saturated rings. The van der Waals surface area contributed by atoms with E-state index in [0.717, 1.165) is 65.4 Å². The van der Waals surface area contributed by atoms with Crippen molar-refractivity contribution in [3.63, 3.8) is 0 Å². The minimum absolute atomic E-state index is 0. The molecule has 386 valence electrons. The molecular formula is C45H85ClN12O9. The molecule has 0 unspecified atom stereocenters. The molecule has 0 atom stereocenters. The van der Waals surface area contributed by atoms with Crippen LogP contribution in [0.1, 0.15) is 51.8 Å². The average molecular weight is 974 g/mol. The van der Waals surface area contributed by atoms with Gasteiger partial charge in [-0.05, 0) is 62.7 Å². The first-order valence-corrected chi connectivity index (χ1v) is 22.3. The molecule has 3 saturated heterocycles. The number of terminal acetylenes is 3. The Morgan fingerprint density at radius 1 is 0.597 bits per heavy atom. The third-order valence-corrected chi connectivity index (χ3v) is 9.57. The lowest BCUT2D eigenvalue weighted by Gasteiger charge is -2.33. The summed E-state index contributed by atoms with van der Waals surface area (Å²) in [5.41, 5.74) is 5.11. The van der Waals surface area contributed by atoms with Crippen LogP contribution in [0.4, 0.5) is 0 Å². The van der Waals surface area contributed by atoms with Crippen LogP contribution >= 0.6 is 11.6 Å². The summed E-state index contributed by atoms with van der Waals surface area (Å²) in [6, 6.07) is 0. The fourth-order valence-electron chi connectivity index (χ4n) is 5.52. The number of halogens is 1. The molecule has 21 nitrogen and oxygen atoms in total. The lowest BCUT2D eigenvalue weighted by atomic mass is 10.2. The van der Waals surface area contributed by atoms with Crippen LogP contribution in [0.25, 0.3) is 0 Å². The van der Waals surface area contributed by atoms with Crippen molar-refractivity contribution in [2.45, 2.75) is 60.2 Å². The van der Waals surface area contributed by atoms with Gasteiger partial charge in [0.25, 0.3) is 17.7 Å². The number of hydrogen-bond donors (Lipinski definition) is 5. The third-order valence-electron chi connectivity index (χ3n) is 9.34. The van der Waals surface area contributed by atoms with Crippen molar-refractivity contribution in [3.8, 4) is 37.0 Å². The Morgan fingerprint density at radius 2 is 0.910 bits per heavy atom. The Labute approximate surface area is 408 Å². The predicted octanol–water partition coefficient (Wildman–Crippen LogP) is -1.07. The van der Waals surface area contributed by atoms with Crippen LogP contribution in [-0.2, 0) is 38.4 Å². The molecule has 67 heavy (non-hydrogen) atoms. The van der Waals surface area contributed by atoms with Gasteiger partial charge in [0, 0.05) is 81.4 Å². The van der Waals surface area contributed by atoms with Crippen LogP contribution in [-0.4, -0.2) is 249 Å². The minimum Gasteiger partial charge on any atom is -0.321 e. The summed E-state index contributed by atoms with van der Waals surface area (Å²) in [5, 5.41) is 11.8. The van der Waals surface area contributed by atoms with Gasteiger partial charge in [-0.25, -0.2) is 16.4 Å². The second-order valence-electron chi connectivity index (χ2n) is 17.7. The molecule has 3 aliphatic rings.